The van der Waals surface area contributed by atoms with E-state index in [4.69, 9.17) is 4.98 Å². The molecule has 0 radical (unpaired) electrons. The highest BCUT2D eigenvalue weighted by Gasteiger charge is 2.21. The van der Waals surface area contributed by atoms with Gasteiger partial charge in [0.2, 0.25) is 0 Å². The molecule has 4 aromatic rings. The van der Waals surface area contributed by atoms with Crippen LogP contribution in [-0.2, 0) is 0 Å². The van der Waals surface area contributed by atoms with Gasteiger partial charge in [-0.1, -0.05) is 44.2 Å². The van der Waals surface area contributed by atoms with Crippen molar-refractivity contribution in [2.45, 2.75) is 26.7 Å². The number of hydrogen-bond acceptors (Lipinski definition) is 4. The van der Waals surface area contributed by atoms with Crippen LogP contribution in [0.1, 0.15) is 40.7 Å². The Bertz CT molecular complexity index is 1040. The molecule has 0 saturated carbocycles. The van der Waals surface area contributed by atoms with E-state index in [9.17, 15) is 4.79 Å². The number of aryl methyl sites for hydroxylation is 1. The molecule has 0 fully saturated rings. The summed E-state index contributed by atoms with van der Waals surface area (Å²) in [6.45, 7) is 6.47. The molecule has 0 bridgehead atoms. The van der Waals surface area contributed by atoms with Gasteiger partial charge in [-0.25, -0.2) is 4.98 Å². The minimum atomic E-state index is 0.502. The standard InChI is InChI=1S/C20H18N2OS2/c1-12(2)14-6-8-15(9-7-14)19-13(3)25-20-21-18(16(11-23)22(19)20)17-5-4-10-24-17/h4-12H,1-3H3. The number of thiazole rings is 1. The number of hydrogen-bond donors (Lipinski definition) is 0. The van der Waals surface area contributed by atoms with Crippen LogP contribution in [0.5, 0.6) is 0 Å². The molecule has 5 heteroatoms. The lowest BCUT2D eigenvalue weighted by Gasteiger charge is -2.08. The van der Waals surface area contributed by atoms with Crippen LogP contribution < -0.4 is 0 Å². The SMILES string of the molecule is Cc1sc2nc(-c3cccs3)c(C=O)n2c1-c1ccc(C(C)C)cc1. The molecule has 0 aliphatic rings. The zero-order valence-corrected chi connectivity index (χ0v) is 15.9. The van der Waals surface area contributed by atoms with E-state index < -0.39 is 0 Å². The molecule has 3 nitrogen and oxygen atoms in total. The molecule has 0 amide bonds. The first kappa shape index (κ1) is 16.2. The highest BCUT2D eigenvalue weighted by molar-refractivity contribution is 7.17. The Labute approximate surface area is 154 Å². The summed E-state index contributed by atoms with van der Waals surface area (Å²) in [7, 11) is 0. The zero-order chi connectivity index (χ0) is 17.6. The van der Waals surface area contributed by atoms with Gasteiger partial charge < -0.3 is 0 Å². The largest absolute Gasteiger partial charge is 0.296 e. The van der Waals surface area contributed by atoms with E-state index in [0.717, 1.165) is 33.1 Å². The van der Waals surface area contributed by atoms with E-state index in [1.54, 1.807) is 22.7 Å². The van der Waals surface area contributed by atoms with Crippen LogP contribution in [0.15, 0.2) is 41.8 Å². The van der Waals surface area contributed by atoms with Crippen molar-refractivity contribution < 1.29 is 4.79 Å². The second-order valence-electron chi connectivity index (χ2n) is 6.34. The quantitative estimate of drug-likeness (QED) is 0.413. The molecule has 0 saturated heterocycles. The smallest absolute Gasteiger partial charge is 0.195 e. The molecular weight excluding hydrogens is 348 g/mol. The van der Waals surface area contributed by atoms with Crippen molar-refractivity contribution in [1.82, 2.24) is 9.38 Å². The first-order valence-electron chi connectivity index (χ1n) is 8.21. The Morgan fingerprint density at radius 3 is 2.52 bits per heavy atom. The Hall–Kier alpha value is -2.24. The van der Waals surface area contributed by atoms with E-state index in [2.05, 4.69) is 45.0 Å². The van der Waals surface area contributed by atoms with Gasteiger partial charge in [0, 0.05) is 4.88 Å². The number of carbonyl (C=O) groups is 1. The summed E-state index contributed by atoms with van der Waals surface area (Å²) < 4.78 is 2.01. The maximum Gasteiger partial charge on any atom is 0.195 e. The van der Waals surface area contributed by atoms with Crippen LogP contribution in [0.3, 0.4) is 0 Å². The van der Waals surface area contributed by atoms with Crippen molar-refractivity contribution in [1.29, 1.82) is 0 Å². The zero-order valence-electron chi connectivity index (χ0n) is 14.3. The first-order chi connectivity index (χ1) is 12.1. The van der Waals surface area contributed by atoms with Crippen LogP contribution in [0.25, 0.3) is 26.8 Å². The molecule has 1 aromatic carbocycles. The van der Waals surface area contributed by atoms with Crippen molar-refractivity contribution in [3.8, 4) is 21.8 Å². The lowest BCUT2D eigenvalue weighted by molar-refractivity contribution is 0.111. The van der Waals surface area contributed by atoms with Gasteiger partial charge in [0.05, 0.1) is 10.6 Å². The maximum absolute atomic E-state index is 11.9. The number of aldehydes is 1. The summed E-state index contributed by atoms with van der Waals surface area (Å²) in [6, 6.07) is 12.6. The summed E-state index contributed by atoms with van der Waals surface area (Å²) in [5.74, 6) is 0.502. The van der Waals surface area contributed by atoms with Gasteiger partial charge in [0.25, 0.3) is 0 Å². The van der Waals surface area contributed by atoms with Crippen LogP contribution in [-0.4, -0.2) is 15.7 Å². The minimum Gasteiger partial charge on any atom is -0.296 e. The fraction of sp³-hybridized carbons (Fsp3) is 0.200. The van der Waals surface area contributed by atoms with Gasteiger partial charge in [0.1, 0.15) is 11.4 Å². The average Bonchev–Trinajstić information content (AvgIpc) is 3.29. The average molecular weight is 367 g/mol. The number of imidazole rings is 1. The van der Waals surface area contributed by atoms with Gasteiger partial charge >= 0.3 is 0 Å². The van der Waals surface area contributed by atoms with Crippen LogP contribution >= 0.6 is 22.7 Å². The number of benzene rings is 1. The number of fused-ring (bicyclic) bond motifs is 1. The van der Waals surface area contributed by atoms with E-state index >= 15 is 0 Å². The number of nitrogens with zero attached hydrogens (tertiary/aromatic N) is 2. The van der Waals surface area contributed by atoms with Crippen LogP contribution in [0.4, 0.5) is 0 Å². The number of thiophene rings is 1. The summed E-state index contributed by atoms with van der Waals surface area (Å²) in [5, 5.41) is 2.01. The molecule has 0 N–H and O–H groups in total. The first-order valence-corrected chi connectivity index (χ1v) is 9.91. The second kappa shape index (κ2) is 6.24. The third kappa shape index (κ3) is 2.64. The summed E-state index contributed by atoms with van der Waals surface area (Å²) in [5.41, 5.74) is 4.90. The number of aromatic nitrogens is 2. The Morgan fingerprint density at radius 2 is 1.92 bits per heavy atom. The molecule has 4 rings (SSSR count). The predicted octanol–water partition coefficient (Wildman–Crippen LogP) is 6.04. The topological polar surface area (TPSA) is 34.4 Å². The summed E-state index contributed by atoms with van der Waals surface area (Å²) in [6.07, 6.45) is 0.924. The highest BCUT2D eigenvalue weighted by Crippen LogP contribution is 2.37. The third-order valence-corrected chi connectivity index (χ3v) is 6.23. The molecule has 0 aliphatic heterocycles. The monoisotopic (exact) mass is 366 g/mol. The van der Waals surface area contributed by atoms with Crippen molar-refractivity contribution in [3.63, 3.8) is 0 Å². The molecule has 126 valence electrons. The molecule has 0 aliphatic carbocycles. The molecular formula is C20H18N2OS2. The molecule has 0 atom stereocenters. The van der Waals surface area contributed by atoms with Gasteiger partial charge in [0.15, 0.2) is 11.2 Å². The summed E-state index contributed by atoms with van der Waals surface area (Å²) >= 11 is 3.23. The lowest BCUT2D eigenvalue weighted by atomic mass is 10.0. The summed E-state index contributed by atoms with van der Waals surface area (Å²) in [4.78, 5) is 19.7. The van der Waals surface area contributed by atoms with E-state index in [1.807, 2.05) is 21.9 Å². The van der Waals surface area contributed by atoms with Gasteiger partial charge in [-0.05, 0) is 35.4 Å². The van der Waals surface area contributed by atoms with E-state index in [1.165, 1.54) is 10.4 Å². The maximum atomic E-state index is 11.9. The number of rotatable bonds is 4. The third-order valence-electron chi connectivity index (χ3n) is 4.40. The van der Waals surface area contributed by atoms with Crippen molar-refractivity contribution >= 4 is 33.9 Å². The van der Waals surface area contributed by atoms with Crippen molar-refractivity contribution in [3.05, 3.63) is 57.9 Å². The Kier molecular flexibility index (Phi) is 4.06. The van der Waals surface area contributed by atoms with E-state index in [-0.39, 0.29) is 0 Å². The normalized spacial score (nSPS) is 11.5. The molecule has 25 heavy (non-hydrogen) atoms. The predicted molar refractivity (Wildman–Crippen MR) is 106 cm³/mol. The van der Waals surface area contributed by atoms with Crippen molar-refractivity contribution in [2.75, 3.05) is 0 Å². The number of carbonyl (C=O) groups excluding carboxylic acids is 1. The highest BCUT2D eigenvalue weighted by atomic mass is 32.1. The van der Waals surface area contributed by atoms with Crippen LogP contribution in [0, 0.1) is 6.92 Å². The minimum absolute atomic E-state index is 0.502. The van der Waals surface area contributed by atoms with Gasteiger partial charge in [-0.2, -0.15) is 0 Å². The molecule has 3 heterocycles. The van der Waals surface area contributed by atoms with Crippen molar-refractivity contribution in [2.24, 2.45) is 0 Å². The molecule has 3 aromatic heterocycles. The van der Waals surface area contributed by atoms with E-state index in [0.29, 0.717) is 11.6 Å². The fourth-order valence-corrected chi connectivity index (χ4v) is 4.82. The van der Waals surface area contributed by atoms with Gasteiger partial charge in [-0.15, -0.1) is 22.7 Å². The molecule has 0 unspecified atom stereocenters. The Balaban J connectivity index is 1.94. The van der Waals surface area contributed by atoms with Gasteiger partial charge in [-0.3, -0.25) is 9.20 Å². The Morgan fingerprint density at radius 1 is 1.16 bits per heavy atom. The fourth-order valence-electron chi connectivity index (χ4n) is 3.10. The lowest BCUT2D eigenvalue weighted by Crippen LogP contribution is -1.95. The second-order valence-corrected chi connectivity index (χ2v) is 8.47. The molecule has 0 spiro atoms. The van der Waals surface area contributed by atoms with Crippen LogP contribution in [0.2, 0.25) is 0 Å².